The van der Waals surface area contributed by atoms with E-state index in [0.717, 1.165) is 12.8 Å². The maximum absolute atomic E-state index is 12.0. The molecule has 1 aliphatic rings. The number of nitrogens with zero attached hydrogens (tertiary/aromatic N) is 3. The van der Waals surface area contributed by atoms with Crippen molar-refractivity contribution < 1.29 is 4.79 Å². The third-order valence-corrected chi connectivity index (χ3v) is 4.06. The van der Waals surface area contributed by atoms with Crippen LogP contribution in [0.4, 0.5) is 0 Å². The van der Waals surface area contributed by atoms with Gasteiger partial charge < -0.3 is 20.5 Å². The van der Waals surface area contributed by atoms with Crippen LogP contribution in [0, 0.1) is 0 Å². The van der Waals surface area contributed by atoms with Gasteiger partial charge in [-0.05, 0) is 33.4 Å². The van der Waals surface area contributed by atoms with E-state index in [-0.39, 0.29) is 11.4 Å². The fourth-order valence-corrected chi connectivity index (χ4v) is 2.45. The zero-order valence-corrected chi connectivity index (χ0v) is 11.7. The van der Waals surface area contributed by atoms with Gasteiger partial charge in [0.2, 0.25) is 0 Å². The Labute approximate surface area is 114 Å². The molecule has 0 saturated heterocycles. The van der Waals surface area contributed by atoms with Gasteiger partial charge in [0.15, 0.2) is 0 Å². The topological polar surface area (TPSA) is 76.2 Å². The summed E-state index contributed by atoms with van der Waals surface area (Å²) in [6, 6.07) is 0. The van der Waals surface area contributed by atoms with E-state index in [2.05, 4.69) is 29.3 Å². The van der Waals surface area contributed by atoms with E-state index in [1.807, 2.05) is 4.57 Å². The van der Waals surface area contributed by atoms with Crippen LogP contribution >= 0.6 is 0 Å². The number of likely N-dealkylation sites (N-methyl/N-ethyl adjacent to an activating group) is 1. The summed E-state index contributed by atoms with van der Waals surface area (Å²) in [6.45, 7) is 1.91. The summed E-state index contributed by atoms with van der Waals surface area (Å²) in [5.74, 6) is -0.108. The monoisotopic (exact) mass is 265 g/mol. The summed E-state index contributed by atoms with van der Waals surface area (Å²) >= 11 is 0. The highest BCUT2D eigenvalue weighted by Crippen LogP contribution is 2.35. The van der Waals surface area contributed by atoms with E-state index in [4.69, 9.17) is 5.73 Å². The lowest BCUT2D eigenvalue weighted by Gasteiger charge is -2.47. The van der Waals surface area contributed by atoms with E-state index < -0.39 is 0 Å². The SMILES string of the molecule is CN(C)C1(CNC(=O)c2cn(CCN)cn2)CCC1. The Balaban J connectivity index is 1.90. The summed E-state index contributed by atoms with van der Waals surface area (Å²) in [5, 5.41) is 2.99. The predicted octanol–water partition coefficient (Wildman–Crippen LogP) is 0.0559. The van der Waals surface area contributed by atoms with Gasteiger partial charge in [-0.1, -0.05) is 0 Å². The van der Waals surface area contributed by atoms with Crippen molar-refractivity contribution in [2.24, 2.45) is 5.73 Å². The normalized spacial score (nSPS) is 17.3. The van der Waals surface area contributed by atoms with Crippen molar-refractivity contribution in [2.75, 3.05) is 27.2 Å². The molecule has 1 fully saturated rings. The van der Waals surface area contributed by atoms with Crippen molar-refractivity contribution in [2.45, 2.75) is 31.3 Å². The maximum atomic E-state index is 12.0. The number of carbonyl (C=O) groups excluding carboxylic acids is 1. The van der Waals surface area contributed by atoms with Crippen LogP contribution in [-0.4, -0.2) is 53.1 Å². The van der Waals surface area contributed by atoms with Gasteiger partial charge in [-0.3, -0.25) is 4.79 Å². The zero-order chi connectivity index (χ0) is 13.9. The minimum Gasteiger partial charge on any atom is -0.349 e. The summed E-state index contributed by atoms with van der Waals surface area (Å²) in [5.41, 5.74) is 6.06. The molecule has 1 amide bonds. The Morgan fingerprint density at radius 3 is 2.84 bits per heavy atom. The van der Waals surface area contributed by atoms with Crippen LogP contribution in [-0.2, 0) is 6.54 Å². The highest BCUT2D eigenvalue weighted by Gasteiger charge is 2.39. The highest BCUT2D eigenvalue weighted by atomic mass is 16.1. The van der Waals surface area contributed by atoms with Crippen LogP contribution in [0.3, 0.4) is 0 Å². The number of hydrogen-bond donors (Lipinski definition) is 2. The van der Waals surface area contributed by atoms with Gasteiger partial charge in [-0.2, -0.15) is 0 Å². The number of hydrogen-bond acceptors (Lipinski definition) is 4. The van der Waals surface area contributed by atoms with Gasteiger partial charge in [-0.25, -0.2) is 4.98 Å². The lowest BCUT2D eigenvalue weighted by atomic mass is 9.75. The van der Waals surface area contributed by atoms with E-state index in [1.165, 1.54) is 6.42 Å². The lowest BCUT2D eigenvalue weighted by Crippen LogP contribution is -2.57. The number of carbonyl (C=O) groups is 1. The van der Waals surface area contributed by atoms with Gasteiger partial charge in [0.1, 0.15) is 5.69 Å². The smallest absolute Gasteiger partial charge is 0.271 e. The summed E-state index contributed by atoms with van der Waals surface area (Å²) in [7, 11) is 4.14. The first-order valence-electron chi connectivity index (χ1n) is 6.75. The molecule has 1 aromatic rings. The molecule has 19 heavy (non-hydrogen) atoms. The first-order valence-corrected chi connectivity index (χ1v) is 6.75. The van der Waals surface area contributed by atoms with Crippen LogP contribution in [0.15, 0.2) is 12.5 Å². The Bertz CT molecular complexity index is 436. The Morgan fingerprint density at radius 2 is 2.32 bits per heavy atom. The number of nitrogens with one attached hydrogen (secondary N) is 1. The van der Waals surface area contributed by atoms with E-state index >= 15 is 0 Å². The first-order chi connectivity index (χ1) is 9.07. The third kappa shape index (κ3) is 2.96. The lowest BCUT2D eigenvalue weighted by molar-refractivity contribution is 0.0556. The Morgan fingerprint density at radius 1 is 1.58 bits per heavy atom. The second-order valence-electron chi connectivity index (χ2n) is 5.44. The van der Waals surface area contributed by atoms with E-state index in [9.17, 15) is 4.79 Å². The molecular weight excluding hydrogens is 242 g/mol. The average Bonchev–Trinajstić information content (AvgIpc) is 2.76. The molecule has 0 unspecified atom stereocenters. The first kappa shape index (κ1) is 14.0. The summed E-state index contributed by atoms with van der Waals surface area (Å²) < 4.78 is 1.83. The maximum Gasteiger partial charge on any atom is 0.271 e. The van der Waals surface area contributed by atoms with Crippen LogP contribution in [0.5, 0.6) is 0 Å². The number of imidazole rings is 1. The second-order valence-corrected chi connectivity index (χ2v) is 5.44. The third-order valence-electron chi connectivity index (χ3n) is 4.06. The van der Waals surface area contributed by atoms with Crippen LogP contribution in [0.25, 0.3) is 0 Å². The van der Waals surface area contributed by atoms with Gasteiger partial charge in [0.05, 0.1) is 6.33 Å². The van der Waals surface area contributed by atoms with Gasteiger partial charge in [0, 0.05) is 31.4 Å². The second kappa shape index (κ2) is 5.71. The molecule has 0 atom stereocenters. The quantitative estimate of drug-likeness (QED) is 0.762. The number of rotatable bonds is 6. The molecule has 3 N–H and O–H groups in total. The standard InChI is InChI=1S/C13H23N5O/c1-17(2)13(4-3-5-13)9-15-12(19)11-8-18(7-6-14)10-16-11/h8,10H,3-7,9,14H2,1-2H3,(H,15,19). The van der Waals surface area contributed by atoms with Crippen molar-refractivity contribution in [3.8, 4) is 0 Å². The molecule has 6 nitrogen and oxygen atoms in total. The van der Waals surface area contributed by atoms with E-state index in [1.54, 1.807) is 12.5 Å². The molecule has 2 rings (SSSR count). The molecule has 0 aromatic carbocycles. The Hall–Kier alpha value is -1.40. The summed E-state index contributed by atoms with van der Waals surface area (Å²) in [4.78, 5) is 18.4. The fourth-order valence-electron chi connectivity index (χ4n) is 2.45. The van der Waals surface area contributed by atoms with Crippen LogP contribution < -0.4 is 11.1 Å². The molecule has 1 aromatic heterocycles. The van der Waals surface area contributed by atoms with Gasteiger partial charge >= 0.3 is 0 Å². The molecule has 0 aliphatic heterocycles. The van der Waals surface area contributed by atoms with Gasteiger partial charge in [0.25, 0.3) is 5.91 Å². The number of amides is 1. The zero-order valence-electron chi connectivity index (χ0n) is 11.7. The highest BCUT2D eigenvalue weighted by molar-refractivity contribution is 5.92. The molecule has 1 aliphatic carbocycles. The molecule has 1 heterocycles. The number of nitrogens with two attached hydrogens (primary N) is 1. The van der Waals surface area contributed by atoms with E-state index in [0.29, 0.717) is 25.3 Å². The minimum atomic E-state index is -0.108. The minimum absolute atomic E-state index is 0.108. The Kier molecular flexibility index (Phi) is 4.21. The molecule has 1 saturated carbocycles. The molecule has 0 radical (unpaired) electrons. The number of aromatic nitrogens is 2. The van der Waals surface area contributed by atoms with Crippen LogP contribution in [0.1, 0.15) is 29.8 Å². The van der Waals surface area contributed by atoms with Crippen LogP contribution in [0.2, 0.25) is 0 Å². The largest absolute Gasteiger partial charge is 0.349 e. The summed E-state index contributed by atoms with van der Waals surface area (Å²) in [6.07, 6.45) is 6.90. The van der Waals surface area contributed by atoms with Crippen molar-refractivity contribution >= 4 is 5.91 Å². The average molecular weight is 265 g/mol. The molecule has 0 bridgehead atoms. The van der Waals surface area contributed by atoms with Crippen molar-refractivity contribution in [3.63, 3.8) is 0 Å². The van der Waals surface area contributed by atoms with Crippen molar-refractivity contribution in [3.05, 3.63) is 18.2 Å². The van der Waals surface area contributed by atoms with Crippen molar-refractivity contribution in [1.29, 1.82) is 0 Å². The molecule has 0 spiro atoms. The fraction of sp³-hybridized carbons (Fsp3) is 0.692. The molecular formula is C13H23N5O. The predicted molar refractivity (Wildman–Crippen MR) is 73.9 cm³/mol. The van der Waals surface area contributed by atoms with Gasteiger partial charge in [-0.15, -0.1) is 0 Å². The van der Waals surface area contributed by atoms with Crippen molar-refractivity contribution in [1.82, 2.24) is 19.8 Å². The molecule has 6 heteroatoms. The molecule has 106 valence electrons.